The van der Waals surface area contributed by atoms with Crippen LogP contribution in [0.15, 0.2) is 5.10 Å². The molecule has 4 nitrogen and oxygen atoms in total. The van der Waals surface area contributed by atoms with Crippen molar-refractivity contribution in [1.82, 2.24) is 5.43 Å². The maximum absolute atomic E-state index is 9.98. The monoisotopic (exact) mass is 130 g/mol. The smallest absolute Gasteiger partial charge is 0.309 e. The summed E-state index contributed by atoms with van der Waals surface area (Å²) < 4.78 is 0. The summed E-state index contributed by atoms with van der Waals surface area (Å²) in [5, 5.41) is 11.9. The first-order valence-electron chi connectivity index (χ1n) is 2.58. The van der Waals surface area contributed by atoms with Crippen molar-refractivity contribution < 1.29 is 9.90 Å². The van der Waals surface area contributed by atoms with Gasteiger partial charge in [-0.1, -0.05) is 0 Å². The fourth-order valence-electron chi connectivity index (χ4n) is 0.449. The Morgan fingerprint density at radius 1 is 1.78 bits per heavy atom. The third-order valence-corrected chi connectivity index (χ3v) is 0.710. The first-order chi connectivity index (χ1) is 4.16. The standard InChI is InChI=1S/C5H10N2O2/c1-4(7-6-2)3-5(8)9/h6H,3H2,1-2H3,(H,8,9)/b7-4+. The minimum Gasteiger partial charge on any atom is -0.481 e. The molecule has 0 rings (SSSR count). The summed E-state index contributed by atoms with van der Waals surface area (Å²) in [6.45, 7) is 1.66. The topological polar surface area (TPSA) is 61.7 Å². The number of hydrogen-bond donors (Lipinski definition) is 2. The molecule has 0 aromatic carbocycles. The number of carboxylic acid groups (broad SMARTS) is 1. The van der Waals surface area contributed by atoms with Crippen molar-refractivity contribution in [2.24, 2.45) is 5.10 Å². The van der Waals surface area contributed by atoms with Gasteiger partial charge in [0.1, 0.15) is 0 Å². The minimum atomic E-state index is -0.855. The number of carbonyl (C=O) groups is 1. The summed E-state index contributed by atoms with van der Waals surface area (Å²) in [7, 11) is 1.63. The van der Waals surface area contributed by atoms with Crippen LogP contribution >= 0.6 is 0 Å². The highest BCUT2D eigenvalue weighted by atomic mass is 16.4. The zero-order chi connectivity index (χ0) is 7.28. The maximum Gasteiger partial charge on any atom is 0.309 e. The van der Waals surface area contributed by atoms with Crippen molar-refractivity contribution in [3.05, 3.63) is 0 Å². The summed E-state index contributed by atoms with van der Waals surface area (Å²) in [6, 6.07) is 0. The van der Waals surface area contributed by atoms with E-state index in [1.807, 2.05) is 0 Å². The van der Waals surface area contributed by atoms with Crippen molar-refractivity contribution in [3.8, 4) is 0 Å². The van der Waals surface area contributed by atoms with Crippen molar-refractivity contribution in [2.45, 2.75) is 13.3 Å². The summed E-state index contributed by atoms with van der Waals surface area (Å²) >= 11 is 0. The van der Waals surface area contributed by atoms with Crippen molar-refractivity contribution in [2.75, 3.05) is 7.05 Å². The van der Waals surface area contributed by atoms with Gasteiger partial charge < -0.3 is 10.5 Å². The second kappa shape index (κ2) is 3.88. The van der Waals surface area contributed by atoms with Gasteiger partial charge in [0.25, 0.3) is 0 Å². The molecule has 0 aliphatic rings. The predicted octanol–water partition coefficient (Wildman–Crippen LogP) is 0.0564. The van der Waals surface area contributed by atoms with Gasteiger partial charge in [-0.25, -0.2) is 0 Å². The van der Waals surface area contributed by atoms with Crippen LogP contribution in [0.1, 0.15) is 13.3 Å². The second-order valence-electron chi connectivity index (χ2n) is 1.64. The van der Waals surface area contributed by atoms with Crippen molar-refractivity contribution >= 4 is 11.7 Å². The lowest BCUT2D eigenvalue weighted by Gasteiger charge is -1.92. The molecule has 2 N–H and O–H groups in total. The van der Waals surface area contributed by atoms with E-state index in [-0.39, 0.29) is 6.42 Å². The van der Waals surface area contributed by atoms with Crippen molar-refractivity contribution in [1.29, 1.82) is 0 Å². The molecular formula is C5H10N2O2. The van der Waals surface area contributed by atoms with Gasteiger partial charge in [0.15, 0.2) is 0 Å². The van der Waals surface area contributed by atoms with Gasteiger partial charge in [0.05, 0.1) is 6.42 Å². The van der Waals surface area contributed by atoms with Gasteiger partial charge in [-0.15, -0.1) is 0 Å². The lowest BCUT2D eigenvalue weighted by molar-refractivity contribution is -0.135. The third-order valence-electron chi connectivity index (χ3n) is 0.710. The molecule has 0 saturated carbocycles. The van der Waals surface area contributed by atoms with Crippen LogP contribution in [0.4, 0.5) is 0 Å². The molecule has 0 atom stereocenters. The van der Waals surface area contributed by atoms with E-state index in [1.54, 1.807) is 14.0 Å². The molecule has 9 heavy (non-hydrogen) atoms. The average Bonchev–Trinajstić information content (AvgIpc) is 1.63. The van der Waals surface area contributed by atoms with E-state index in [0.29, 0.717) is 5.71 Å². The molecule has 0 saturated heterocycles. The Balaban J connectivity index is 3.62. The summed E-state index contributed by atoms with van der Waals surface area (Å²) in [5.41, 5.74) is 3.07. The van der Waals surface area contributed by atoms with Crippen LogP contribution in [-0.2, 0) is 4.79 Å². The molecule has 0 aromatic heterocycles. The van der Waals surface area contributed by atoms with Gasteiger partial charge in [0.2, 0.25) is 0 Å². The van der Waals surface area contributed by atoms with Gasteiger partial charge in [-0.2, -0.15) is 5.10 Å². The zero-order valence-corrected chi connectivity index (χ0v) is 5.51. The summed E-state index contributed by atoms with van der Waals surface area (Å²) in [5.74, 6) is -0.855. The first kappa shape index (κ1) is 7.94. The molecule has 0 heterocycles. The van der Waals surface area contributed by atoms with E-state index in [1.165, 1.54) is 0 Å². The Bertz CT molecular complexity index is 131. The highest BCUT2D eigenvalue weighted by Gasteiger charge is 1.97. The largest absolute Gasteiger partial charge is 0.481 e. The predicted molar refractivity (Wildman–Crippen MR) is 34.4 cm³/mol. The quantitative estimate of drug-likeness (QED) is 0.419. The Hall–Kier alpha value is -1.06. The fourth-order valence-corrected chi connectivity index (χ4v) is 0.449. The average molecular weight is 130 g/mol. The molecule has 0 fully saturated rings. The van der Waals surface area contributed by atoms with Crippen molar-refractivity contribution in [3.63, 3.8) is 0 Å². The normalized spacial score (nSPS) is 11.1. The van der Waals surface area contributed by atoms with E-state index in [9.17, 15) is 4.79 Å². The molecule has 0 aliphatic carbocycles. The second-order valence-corrected chi connectivity index (χ2v) is 1.64. The van der Waals surface area contributed by atoms with E-state index >= 15 is 0 Å². The van der Waals surface area contributed by atoms with Crippen LogP contribution in [0.3, 0.4) is 0 Å². The van der Waals surface area contributed by atoms with Crippen LogP contribution in [0.5, 0.6) is 0 Å². The number of nitrogens with zero attached hydrogens (tertiary/aromatic N) is 1. The number of nitrogens with one attached hydrogen (secondary N) is 1. The maximum atomic E-state index is 9.98. The molecule has 0 spiro atoms. The minimum absolute atomic E-state index is 0.000833. The van der Waals surface area contributed by atoms with Crippen LogP contribution in [0.25, 0.3) is 0 Å². The van der Waals surface area contributed by atoms with Crippen LogP contribution in [0, 0.1) is 0 Å². The molecule has 0 bridgehead atoms. The first-order valence-corrected chi connectivity index (χ1v) is 2.58. The Labute approximate surface area is 53.6 Å². The molecule has 0 aromatic rings. The number of hydrogen-bond acceptors (Lipinski definition) is 3. The number of aliphatic carboxylic acids is 1. The van der Waals surface area contributed by atoms with Gasteiger partial charge in [0, 0.05) is 12.8 Å². The summed E-state index contributed by atoms with van der Waals surface area (Å²) in [4.78, 5) is 9.98. The van der Waals surface area contributed by atoms with E-state index in [4.69, 9.17) is 5.11 Å². The number of hydrazone groups is 1. The van der Waals surface area contributed by atoms with Gasteiger partial charge >= 0.3 is 5.97 Å². The lowest BCUT2D eigenvalue weighted by atomic mass is 10.3. The third kappa shape index (κ3) is 4.80. The van der Waals surface area contributed by atoms with E-state index < -0.39 is 5.97 Å². The SMILES string of the molecule is CN/N=C(\C)CC(=O)O. The molecule has 0 aliphatic heterocycles. The molecule has 0 radical (unpaired) electrons. The zero-order valence-electron chi connectivity index (χ0n) is 5.51. The van der Waals surface area contributed by atoms with Crippen LogP contribution in [-0.4, -0.2) is 23.8 Å². The summed E-state index contributed by atoms with van der Waals surface area (Å²) in [6.07, 6.45) is 0.000833. The Morgan fingerprint density at radius 2 is 2.33 bits per heavy atom. The highest BCUT2D eigenvalue weighted by molar-refractivity contribution is 5.96. The van der Waals surface area contributed by atoms with Crippen LogP contribution < -0.4 is 5.43 Å². The molecular weight excluding hydrogens is 120 g/mol. The molecule has 0 amide bonds. The van der Waals surface area contributed by atoms with E-state index in [2.05, 4.69) is 10.5 Å². The molecule has 4 heteroatoms. The molecule has 52 valence electrons. The van der Waals surface area contributed by atoms with Gasteiger partial charge in [-0.05, 0) is 6.92 Å². The Morgan fingerprint density at radius 3 is 2.67 bits per heavy atom. The highest BCUT2D eigenvalue weighted by Crippen LogP contribution is 1.82. The number of carboxylic acids is 1. The van der Waals surface area contributed by atoms with E-state index in [0.717, 1.165) is 0 Å². The fraction of sp³-hybridized carbons (Fsp3) is 0.600. The van der Waals surface area contributed by atoms with Crippen LogP contribution in [0.2, 0.25) is 0 Å². The van der Waals surface area contributed by atoms with Gasteiger partial charge in [-0.3, -0.25) is 4.79 Å². The Kier molecular flexibility index (Phi) is 3.43. The number of rotatable bonds is 3. The lowest BCUT2D eigenvalue weighted by Crippen LogP contribution is -2.07. The molecule has 0 unspecified atom stereocenters.